The SMILES string of the molecule is Cn1nc(C(=O)O)cc1-c1cc(F)cc(F)c1. The fraction of sp³-hybridized carbons (Fsp3) is 0.0909. The Kier molecular flexibility index (Phi) is 2.63. The summed E-state index contributed by atoms with van der Waals surface area (Å²) in [5, 5.41) is 12.5. The maximum absolute atomic E-state index is 13.0. The Hall–Kier alpha value is -2.24. The Bertz CT molecular complexity index is 573. The minimum Gasteiger partial charge on any atom is -0.476 e. The zero-order valence-corrected chi connectivity index (χ0v) is 8.82. The average molecular weight is 238 g/mol. The van der Waals surface area contributed by atoms with E-state index < -0.39 is 17.6 Å². The first-order valence-electron chi connectivity index (χ1n) is 4.71. The average Bonchev–Trinajstić information content (AvgIpc) is 2.59. The smallest absolute Gasteiger partial charge is 0.356 e. The van der Waals surface area contributed by atoms with E-state index in [0.29, 0.717) is 5.69 Å². The van der Waals surface area contributed by atoms with Gasteiger partial charge in [0.2, 0.25) is 0 Å². The molecule has 1 N–H and O–H groups in total. The Balaban J connectivity index is 2.56. The monoisotopic (exact) mass is 238 g/mol. The second-order valence-corrected chi connectivity index (χ2v) is 3.50. The second kappa shape index (κ2) is 3.97. The molecule has 17 heavy (non-hydrogen) atoms. The van der Waals surface area contributed by atoms with Crippen LogP contribution in [-0.4, -0.2) is 20.9 Å². The highest BCUT2D eigenvalue weighted by Crippen LogP contribution is 2.22. The second-order valence-electron chi connectivity index (χ2n) is 3.50. The molecule has 0 saturated carbocycles. The number of hydrogen-bond donors (Lipinski definition) is 1. The predicted octanol–water partition coefficient (Wildman–Crippen LogP) is 2.06. The molecule has 0 radical (unpaired) electrons. The summed E-state index contributed by atoms with van der Waals surface area (Å²) in [4.78, 5) is 10.7. The summed E-state index contributed by atoms with van der Waals surface area (Å²) >= 11 is 0. The first-order chi connectivity index (χ1) is 7.97. The van der Waals surface area contributed by atoms with Gasteiger partial charge in [-0.25, -0.2) is 13.6 Å². The third-order valence-corrected chi connectivity index (χ3v) is 2.26. The highest BCUT2D eigenvalue weighted by atomic mass is 19.1. The molecule has 0 spiro atoms. The number of aromatic nitrogens is 2. The zero-order valence-electron chi connectivity index (χ0n) is 8.82. The van der Waals surface area contributed by atoms with Crippen molar-refractivity contribution >= 4 is 5.97 Å². The molecule has 0 unspecified atom stereocenters. The predicted molar refractivity (Wildman–Crippen MR) is 55.5 cm³/mol. The van der Waals surface area contributed by atoms with Crippen molar-refractivity contribution in [3.8, 4) is 11.3 Å². The van der Waals surface area contributed by atoms with Crippen molar-refractivity contribution < 1.29 is 18.7 Å². The number of carboxylic acids is 1. The number of rotatable bonds is 2. The lowest BCUT2D eigenvalue weighted by Crippen LogP contribution is -1.99. The Morgan fingerprint density at radius 2 is 1.82 bits per heavy atom. The van der Waals surface area contributed by atoms with Crippen molar-refractivity contribution in [2.45, 2.75) is 0 Å². The van der Waals surface area contributed by atoms with Crippen LogP contribution in [0.2, 0.25) is 0 Å². The lowest BCUT2D eigenvalue weighted by atomic mass is 10.1. The van der Waals surface area contributed by atoms with Crippen LogP contribution in [0.15, 0.2) is 24.3 Å². The lowest BCUT2D eigenvalue weighted by Gasteiger charge is -2.02. The summed E-state index contributed by atoms with van der Waals surface area (Å²) in [7, 11) is 1.50. The van der Waals surface area contributed by atoms with Crippen LogP contribution in [0.4, 0.5) is 8.78 Å². The lowest BCUT2D eigenvalue weighted by molar-refractivity contribution is 0.0689. The number of halogens is 2. The van der Waals surface area contributed by atoms with Gasteiger partial charge in [-0.15, -0.1) is 0 Å². The minimum atomic E-state index is -1.19. The topological polar surface area (TPSA) is 55.1 Å². The number of hydrogen-bond acceptors (Lipinski definition) is 2. The molecule has 2 aromatic rings. The van der Waals surface area contributed by atoms with Gasteiger partial charge in [-0.3, -0.25) is 4.68 Å². The fourth-order valence-corrected chi connectivity index (χ4v) is 1.54. The largest absolute Gasteiger partial charge is 0.476 e. The van der Waals surface area contributed by atoms with Crippen molar-refractivity contribution in [3.05, 3.63) is 41.6 Å². The van der Waals surface area contributed by atoms with E-state index in [4.69, 9.17) is 5.11 Å². The van der Waals surface area contributed by atoms with Crippen LogP contribution in [0.1, 0.15) is 10.5 Å². The normalized spacial score (nSPS) is 10.5. The highest BCUT2D eigenvalue weighted by molar-refractivity contribution is 5.87. The highest BCUT2D eigenvalue weighted by Gasteiger charge is 2.13. The Labute approximate surface area is 95.1 Å². The number of benzene rings is 1. The fourth-order valence-electron chi connectivity index (χ4n) is 1.54. The van der Waals surface area contributed by atoms with E-state index >= 15 is 0 Å². The molecule has 2 rings (SSSR count). The molecular formula is C11H8F2N2O2. The molecule has 1 heterocycles. The van der Waals surface area contributed by atoms with Gasteiger partial charge in [0.15, 0.2) is 5.69 Å². The van der Waals surface area contributed by atoms with E-state index in [1.54, 1.807) is 0 Å². The molecule has 0 aliphatic rings. The van der Waals surface area contributed by atoms with Crippen LogP contribution in [0.3, 0.4) is 0 Å². The van der Waals surface area contributed by atoms with Crippen molar-refractivity contribution in [2.24, 2.45) is 7.05 Å². The van der Waals surface area contributed by atoms with Gasteiger partial charge >= 0.3 is 5.97 Å². The molecule has 0 aliphatic heterocycles. The number of aryl methyl sites for hydroxylation is 1. The van der Waals surface area contributed by atoms with E-state index in [0.717, 1.165) is 18.2 Å². The number of aromatic carboxylic acids is 1. The molecule has 0 amide bonds. The van der Waals surface area contributed by atoms with Crippen LogP contribution in [0.25, 0.3) is 11.3 Å². The Morgan fingerprint density at radius 1 is 1.24 bits per heavy atom. The van der Waals surface area contributed by atoms with E-state index in [2.05, 4.69) is 5.10 Å². The molecule has 1 aromatic heterocycles. The summed E-state index contributed by atoms with van der Waals surface area (Å²) < 4.78 is 27.3. The first kappa shape index (κ1) is 11.3. The van der Waals surface area contributed by atoms with Crippen molar-refractivity contribution in [1.29, 1.82) is 0 Å². The molecule has 0 aliphatic carbocycles. The standard InChI is InChI=1S/C11H8F2N2O2/c1-15-10(5-9(14-15)11(16)17)6-2-7(12)4-8(13)3-6/h2-5H,1H3,(H,16,17). The first-order valence-corrected chi connectivity index (χ1v) is 4.71. The van der Waals surface area contributed by atoms with Crippen LogP contribution in [0, 0.1) is 11.6 Å². The van der Waals surface area contributed by atoms with Crippen LogP contribution >= 0.6 is 0 Å². The zero-order chi connectivity index (χ0) is 12.6. The van der Waals surface area contributed by atoms with Crippen molar-refractivity contribution in [2.75, 3.05) is 0 Å². The van der Waals surface area contributed by atoms with E-state index in [1.807, 2.05) is 0 Å². The summed E-state index contributed by atoms with van der Waals surface area (Å²) in [5.74, 6) is -2.64. The van der Waals surface area contributed by atoms with E-state index in [9.17, 15) is 13.6 Å². The van der Waals surface area contributed by atoms with Crippen LogP contribution in [0.5, 0.6) is 0 Å². The summed E-state index contributed by atoms with van der Waals surface area (Å²) in [6.45, 7) is 0. The number of carboxylic acid groups (broad SMARTS) is 1. The van der Waals surface area contributed by atoms with Crippen molar-refractivity contribution in [3.63, 3.8) is 0 Å². The summed E-state index contributed by atoms with van der Waals surface area (Å²) in [5.41, 5.74) is 0.401. The van der Waals surface area contributed by atoms with Crippen LogP contribution < -0.4 is 0 Å². The van der Waals surface area contributed by atoms with E-state index in [1.165, 1.54) is 17.8 Å². The molecule has 88 valence electrons. The maximum atomic E-state index is 13.0. The summed E-state index contributed by atoms with van der Waals surface area (Å²) in [6.07, 6.45) is 0. The van der Waals surface area contributed by atoms with Gasteiger partial charge in [-0.2, -0.15) is 5.10 Å². The van der Waals surface area contributed by atoms with Gasteiger partial charge in [-0.05, 0) is 18.2 Å². The van der Waals surface area contributed by atoms with Gasteiger partial charge < -0.3 is 5.11 Å². The van der Waals surface area contributed by atoms with Crippen molar-refractivity contribution in [1.82, 2.24) is 9.78 Å². The quantitative estimate of drug-likeness (QED) is 0.871. The number of carbonyl (C=O) groups is 1. The molecule has 1 aromatic carbocycles. The van der Waals surface area contributed by atoms with E-state index in [-0.39, 0.29) is 11.3 Å². The molecule has 6 heteroatoms. The molecular weight excluding hydrogens is 230 g/mol. The molecule has 4 nitrogen and oxygen atoms in total. The van der Waals surface area contributed by atoms with Gasteiger partial charge in [0.1, 0.15) is 11.6 Å². The van der Waals surface area contributed by atoms with Gasteiger partial charge in [0.25, 0.3) is 0 Å². The Morgan fingerprint density at radius 3 is 2.29 bits per heavy atom. The molecule has 0 saturated heterocycles. The number of nitrogens with zero attached hydrogens (tertiary/aromatic N) is 2. The molecule has 0 atom stereocenters. The summed E-state index contributed by atoms with van der Waals surface area (Å²) in [6, 6.07) is 4.24. The molecule has 0 fully saturated rings. The minimum absolute atomic E-state index is 0.174. The third-order valence-electron chi connectivity index (χ3n) is 2.26. The van der Waals surface area contributed by atoms with Gasteiger partial charge in [0.05, 0.1) is 5.69 Å². The maximum Gasteiger partial charge on any atom is 0.356 e. The molecule has 0 bridgehead atoms. The van der Waals surface area contributed by atoms with Gasteiger partial charge in [0, 0.05) is 18.7 Å². The van der Waals surface area contributed by atoms with Gasteiger partial charge in [-0.1, -0.05) is 0 Å². The van der Waals surface area contributed by atoms with Crippen LogP contribution in [-0.2, 0) is 7.05 Å². The third kappa shape index (κ3) is 2.15.